The molecular formula is C58H90F25N2O8Si7. The van der Waals surface area contributed by atoms with E-state index in [0.717, 1.165) is 11.4 Å². The Labute approximate surface area is 575 Å². The first-order valence-corrected chi connectivity index (χ1v) is 49.5. The molecule has 2 aromatic carbocycles. The van der Waals surface area contributed by atoms with Crippen LogP contribution in [-0.2, 0) is 36.1 Å². The van der Waals surface area contributed by atoms with Gasteiger partial charge in [-0.2, -0.15) is 101 Å². The normalized spacial score (nSPS) is 14.1. The molecule has 42 heteroatoms. The largest absolute Gasteiger partial charge is 0.478 e. The van der Waals surface area contributed by atoms with E-state index in [-0.39, 0.29) is 31.6 Å². The number of halogens is 25. The second-order valence-corrected chi connectivity index (χ2v) is 52.3. The van der Waals surface area contributed by atoms with Crippen molar-refractivity contribution >= 4 is 92.3 Å². The summed E-state index contributed by atoms with van der Waals surface area (Å²) < 4.78 is 327. The van der Waals surface area contributed by atoms with Gasteiger partial charge in [-0.1, -0.05) is 90.5 Å². The van der Waals surface area contributed by atoms with Crippen LogP contribution >= 0.6 is 0 Å². The lowest BCUT2D eigenvalue weighted by Crippen LogP contribution is -2.51. The van der Waals surface area contributed by atoms with Crippen molar-refractivity contribution in [1.82, 2.24) is 0 Å². The van der Waals surface area contributed by atoms with Crippen molar-refractivity contribution in [2.24, 2.45) is 11.8 Å². The van der Waals surface area contributed by atoms with E-state index in [1.54, 1.807) is 37.0 Å². The predicted molar refractivity (Wildman–Crippen MR) is 353 cm³/mol. The molecule has 583 valence electrons. The summed E-state index contributed by atoms with van der Waals surface area (Å²) in [6.45, 7) is 37.9. The van der Waals surface area contributed by atoms with Crippen molar-refractivity contribution in [1.29, 1.82) is 0 Å². The van der Waals surface area contributed by atoms with Gasteiger partial charge >= 0.3 is 64.6 Å². The maximum Gasteiger partial charge on any atom is 0.478 e. The van der Waals surface area contributed by atoms with Gasteiger partial charge in [0.25, 0.3) is 0 Å². The van der Waals surface area contributed by atoms with Crippen molar-refractivity contribution in [2.75, 3.05) is 50.6 Å². The molecule has 0 N–H and O–H groups in total. The first-order chi connectivity index (χ1) is 44.3. The fourth-order valence-corrected chi connectivity index (χ4v) is 24.4. The van der Waals surface area contributed by atoms with Crippen LogP contribution in [0.3, 0.4) is 0 Å². The number of hydrogen-bond donors (Lipinski definition) is 0. The molecular weight excluding hydrogens is 1520 g/mol. The zero-order valence-corrected chi connectivity index (χ0v) is 65.5. The fourth-order valence-electron chi connectivity index (χ4n) is 7.02. The second kappa shape index (κ2) is 40.4. The summed E-state index contributed by atoms with van der Waals surface area (Å²) in [6, 6.07) is 9.49. The molecule has 100 heavy (non-hydrogen) atoms. The molecule has 0 aliphatic rings. The Hall–Kier alpha value is -4.13. The minimum atomic E-state index is -6.07. The third kappa shape index (κ3) is 40.8. The number of rotatable bonds is 28. The van der Waals surface area contributed by atoms with Crippen molar-refractivity contribution in [3.63, 3.8) is 0 Å². The first kappa shape index (κ1) is 102. The highest BCUT2D eigenvalue weighted by Gasteiger charge is 2.65. The molecule has 2 unspecified atom stereocenters. The van der Waals surface area contributed by atoms with Gasteiger partial charge in [0.2, 0.25) is 20.1 Å². The number of alkyl halides is 25. The lowest BCUT2D eigenvalue weighted by Gasteiger charge is -2.33. The van der Waals surface area contributed by atoms with Gasteiger partial charge in [-0.05, 0) is 103 Å². The molecule has 10 nitrogen and oxygen atoms in total. The van der Waals surface area contributed by atoms with E-state index in [4.69, 9.17) is 12.3 Å². The summed E-state index contributed by atoms with van der Waals surface area (Å²) in [5.41, 5.74) is 9.56. The summed E-state index contributed by atoms with van der Waals surface area (Å²) in [5.74, 6) is -7.18. The van der Waals surface area contributed by atoms with Gasteiger partial charge in [0, 0.05) is 25.5 Å². The van der Waals surface area contributed by atoms with Crippen molar-refractivity contribution in [3.8, 4) is 0 Å². The van der Waals surface area contributed by atoms with Gasteiger partial charge in [-0.25, -0.2) is 0 Å². The molecule has 0 aliphatic carbocycles. The van der Waals surface area contributed by atoms with Crippen LogP contribution in [0.4, 0.5) is 121 Å². The highest BCUT2D eigenvalue weighted by molar-refractivity contribution is 6.94. The molecule has 0 aromatic heterocycles. The van der Waals surface area contributed by atoms with Gasteiger partial charge in [-0.3, -0.25) is 23.1 Å². The maximum atomic E-state index is 13.1. The number of nitrogens with zero attached hydrogens (tertiary/aromatic N) is 2. The van der Waals surface area contributed by atoms with Crippen LogP contribution in [0.15, 0.2) is 97.6 Å². The third-order valence-electron chi connectivity index (χ3n) is 13.1. The van der Waals surface area contributed by atoms with Gasteiger partial charge < -0.3 is 31.6 Å². The Bertz CT molecular complexity index is 2710. The minimum Gasteiger partial charge on any atom is -0.449 e. The van der Waals surface area contributed by atoms with E-state index in [1.165, 1.54) is 36.9 Å². The molecule has 0 spiro atoms. The molecule has 1 radical (unpaired) electrons. The van der Waals surface area contributed by atoms with Crippen LogP contribution in [0.1, 0.15) is 33.1 Å². The summed E-state index contributed by atoms with van der Waals surface area (Å²) in [4.78, 5) is 28.8. The predicted octanol–water partition coefficient (Wildman–Crippen LogP) is 19.7. The number of carbonyl (C=O) groups is 2. The van der Waals surface area contributed by atoms with Gasteiger partial charge in [0.15, 0.2) is 25.0 Å². The fraction of sp³-hybridized carbons (Fsp3) is 0.621. The standard InChI is InChI=1S/C25H34N2O2Si2.C10H20F7O2Si3.C8H9F9O2.C8H18OSi2.C6H6F8O.CH3F/c1-9-30(5,6)22-15-11-13-20(17-22)26(3)24(28)19-25(29)27(4)21-14-12-16-23(18-21)31(7,8)10-2;1-20(19-22(4,5)7-11)18-21(2,3)6-8(9(12,13)14)10(15,16)17;1-2-3-18-8(17,7(14,15)16)19-6(12,13)4-5(9,10)11;1-7-10(3,4)9-11(5,6)8-2;1-3(5(10,11)12)6(13,14)15-2-4(7,8)9;1-2/h9-18H,1-2,19H2,3-8H3;8H,6-7H2,1-5H3;2-4H2,1H3;7-8H,1-2H2,3-6H3;3H,2H2,1H3;1H3. The molecule has 2 atom stereocenters. The van der Waals surface area contributed by atoms with Gasteiger partial charge in [0.05, 0.1) is 13.8 Å². The molecule has 0 aliphatic heterocycles. The minimum absolute atomic E-state index is 0.0381. The van der Waals surface area contributed by atoms with E-state index in [2.05, 4.69) is 105 Å². The van der Waals surface area contributed by atoms with E-state index in [1.807, 2.05) is 59.2 Å². The molecule has 2 amide bonds. The van der Waals surface area contributed by atoms with E-state index >= 15 is 0 Å². The summed E-state index contributed by atoms with van der Waals surface area (Å²) in [5, 5.41) is 2.41. The third-order valence-corrected chi connectivity index (χ3v) is 33.7. The van der Waals surface area contributed by atoms with Crippen LogP contribution < -0.4 is 20.2 Å². The van der Waals surface area contributed by atoms with Gasteiger partial charge in [-0.15, -0.1) is 26.3 Å². The van der Waals surface area contributed by atoms with Crippen LogP contribution in [0, 0.1) is 11.8 Å². The zero-order valence-electron chi connectivity index (χ0n) is 58.5. The number of amides is 2. The zero-order chi connectivity index (χ0) is 80.5. The Morgan fingerprint density at radius 3 is 1.22 bits per heavy atom. The molecule has 0 heterocycles. The summed E-state index contributed by atoms with van der Waals surface area (Å²) >= 11 is 0. The summed E-state index contributed by atoms with van der Waals surface area (Å²) in [6.07, 6.45) is -47.3. The smallest absolute Gasteiger partial charge is 0.449 e. The number of carbonyl (C=O) groups excluding carboxylic acids is 2. The molecule has 0 fully saturated rings. The molecule has 0 saturated heterocycles. The summed E-state index contributed by atoms with van der Waals surface area (Å²) in [7, 11) is -10.7. The number of hydrogen-bond acceptors (Lipinski definition) is 8. The van der Waals surface area contributed by atoms with E-state index in [9.17, 15) is 119 Å². The Morgan fingerprint density at radius 1 is 0.560 bits per heavy atom. The van der Waals surface area contributed by atoms with Crippen molar-refractivity contribution in [2.45, 2.75) is 180 Å². The van der Waals surface area contributed by atoms with E-state index in [0.29, 0.717) is 7.18 Å². The Kier molecular flexibility index (Phi) is 41.3. The molecule has 2 aromatic rings. The average Bonchev–Trinajstić information content (AvgIpc) is 0.814. The Morgan fingerprint density at radius 2 is 0.930 bits per heavy atom. The molecule has 2 rings (SSSR count). The maximum absolute atomic E-state index is 13.1. The second-order valence-electron chi connectivity index (χ2n) is 25.1. The van der Waals surface area contributed by atoms with Crippen molar-refractivity contribution < 1.29 is 146 Å². The topological polar surface area (TPSA) is 96.0 Å². The Balaban J connectivity index is -0.000000596. The molecule has 0 saturated carbocycles. The van der Waals surface area contributed by atoms with Gasteiger partial charge in [0.1, 0.15) is 53.7 Å². The quantitative estimate of drug-likeness (QED) is 0.0360. The lowest BCUT2D eigenvalue weighted by molar-refractivity contribution is -0.498. The van der Waals surface area contributed by atoms with Crippen molar-refractivity contribution in [3.05, 3.63) is 97.6 Å². The van der Waals surface area contributed by atoms with Crippen LogP contribution in [0.2, 0.25) is 91.2 Å². The monoisotopic (exact) mass is 1610 g/mol. The number of benzene rings is 2. The SMILES string of the molecule is C=C[Si](C)(C)O[Si](C)(C)C=C.C=C[Si](C)(C)c1cccc(N(C)C(=O)CC(=O)N(C)c2cccc([Si](C)(C)C=C)c2)c1.CC(C(F)(F)F)C(F)(F)OCC(F)(F)F.CCCOC(F)(OC(F)(F)CC(F)(F)F)C(F)(F)F.CF.C[Si](O[Si](C)(C)CF)O[Si](C)(C)CC(C(F)(F)F)C(F)(F)F. The van der Waals surface area contributed by atoms with E-state index < -0.39 is 158 Å². The molecule has 0 bridgehead atoms. The van der Waals surface area contributed by atoms with Crippen LogP contribution in [-0.4, -0.2) is 167 Å². The first-order valence-electron chi connectivity index (χ1n) is 29.3. The highest BCUT2D eigenvalue weighted by Crippen LogP contribution is 2.46. The average molecular weight is 1610 g/mol. The lowest BCUT2D eigenvalue weighted by atomic mass is 10.1. The van der Waals surface area contributed by atoms with Crippen LogP contribution in [0.25, 0.3) is 0 Å². The van der Waals surface area contributed by atoms with Crippen LogP contribution in [0.5, 0.6) is 0 Å². The highest BCUT2D eigenvalue weighted by atomic mass is 28.4. The number of anilines is 2. The number of ether oxygens (including phenoxy) is 3.